The van der Waals surface area contributed by atoms with Crippen LogP contribution in [0.4, 0.5) is 4.79 Å². The third kappa shape index (κ3) is 7.77. The smallest absolute Gasteiger partial charge is 0.407 e. The van der Waals surface area contributed by atoms with E-state index < -0.39 is 104 Å². The Morgan fingerprint density at radius 3 is 2.15 bits per heavy atom. The molecule has 0 radical (unpaired) electrons. The molecule has 3 rings (SSSR count). The Kier molecular flexibility index (Phi) is 11.0. The molecule has 14 heteroatoms. The largest absolute Gasteiger partial charge is 0.444 e. The molecule has 0 aromatic carbocycles. The molecule has 1 saturated carbocycles. The minimum atomic E-state index is -1.44. The zero-order valence-electron chi connectivity index (χ0n) is 23.3. The summed E-state index contributed by atoms with van der Waals surface area (Å²) < 4.78 is 29.0. The van der Waals surface area contributed by atoms with Crippen LogP contribution >= 0.6 is 0 Å². The first kappa shape index (κ1) is 32.3. The van der Waals surface area contributed by atoms with Gasteiger partial charge < -0.3 is 66.0 Å². The van der Waals surface area contributed by atoms with Gasteiger partial charge in [0.15, 0.2) is 12.6 Å². The Labute approximate surface area is 228 Å². The van der Waals surface area contributed by atoms with Gasteiger partial charge in [0.1, 0.15) is 36.1 Å². The quantitative estimate of drug-likeness (QED) is 0.168. The fourth-order valence-electron chi connectivity index (χ4n) is 5.37. The van der Waals surface area contributed by atoms with E-state index in [2.05, 4.69) is 5.32 Å². The molecule has 1 amide bonds. The van der Waals surface area contributed by atoms with Gasteiger partial charge in [0, 0.05) is 0 Å². The third-order valence-electron chi connectivity index (χ3n) is 7.48. The molecule has 39 heavy (non-hydrogen) atoms. The van der Waals surface area contributed by atoms with Crippen molar-refractivity contribution in [1.82, 2.24) is 5.32 Å². The maximum atomic E-state index is 12.7. The number of rotatable bonds is 7. The molecule has 2 heterocycles. The van der Waals surface area contributed by atoms with Crippen molar-refractivity contribution in [3.05, 3.63) is 0 Å². The molecule has 3 aliphatic rings. The van der Waals surface area contributed by atoms with Crippen LogP contribution in [0.1, 0.15) is 53.9 Å². The lowest BCUT2D eigenvalue weighted by Crippen LogP contribution is -2.66. The minimum Gasteiger partial charge on any atom is -0.444 e. The summed E-state index contributed by atoms with van der Waals surface area (Å²) in [6, 6.07) is -2.60. The molecule has 10 N–H and O–H groups in total. The minimum absolute atomic E-state index is 0.220. The lowest BCUT2D eigenvalue weighted by atomic mass is 9.80. The summed E-state index contributed by atoms with van der Waals surface area (Å²) in [5.41, 5.74) is 11.4. The lowest BCUT2D eigenvalue weighted by molar-refractivity contribution is -0.320. The van der Waals surface area contributed by atoms with Crippen molar-refractivity contribution < 1.29 is 54.0 Å². The molecule has 1 aliphatic carbocycles. The van der Waals surface area contributed by atoms with Gasteiger partial charge in [-0.25, -0.2) is 4.79 Å². The van der Waals surface area contributed by atoms with Crippen molar-refractivity contribution in [3.63, 3.8) is 0 Å². The second-order valence-corrected chi connectivity index (χ2v) is 11.9. The number of carbonyl (C=O) groups excluding carboxylic acids is 1. The molecular weight excluding hydrogens is 518 g/mol. The summed E-state index contributed by atoms with van der Waals surface area (Å²) in [5.74, 6) is -0.391. The SMILES string of the molecule is CCC1OC(OC2C(NC(=O)OC(C)(C)C)CC(C)C(OC3OC(CO)C(O)C(N)C3O)C2O)C(N)CC1O. The molecule has 0 aromatic heterocycles. The first-order valence-corrected chi connectivity index (χ1v) is 13.6. The first-order chi connectivity index (χ1) is 18.2. The Balaban J connectivity index is 1.82. The standard InChI is InChI=1S/C25H47N3O11/c1-6-14-13(30)8-11(26)22(35-14)38-21-12(28-24(34)39-25(3,4)5)7-10(2)20(19(21)33)37-23-18(32)16(27)17(31)15(9-29)36-23/h10-23,29-33H,6-9,26-27H2,1-5H3,(H,28,34). The highest BCUT2D eigenvalue weighted by Gasteiger charge is 2.51. The maximum absolute atomic E-state index is 12.7. The third-order valence-corrected chi connectivity index (χ3v) is 7.48. The number of hydrogen-bond acceptors (Lipinski definition) is 13. The topological polar surface area (TPSA) is 228 Å². The van der Waals surface area contributed by atoms with Crippen LogP contribution in [0.25, 0.3) is 0 Å². The highest BCUT2D eigenvalue weighted by atomic mass is 16.7. The van der Waals surface area contributed by atoms with E-state index >= 15 is 0 Å². The Morgan fingerprint density at radius 1 is 0.949 bits per heavy atom. The number of hydrogen-bond donors (Lipinski definition) is 8. The average molecular weight is 566 g/mol. The molecule has 0 bridgehead atoms. The van der Waals surface area contributed by atoms with Crippen LogP contribution in [-0.2, 0) is 23.7 Å². The normalized spacial score (nSPS) is 45.5. The molecule has 2 aliphatic heterocycles. The van der Waals surface area contributed by atoms with Crippen LogP contribution in [0, 0.1) is 5.92 Å². The summed E-state index contributed by atoms with van der Waals surface area (Å²) in [5, 5.41) is 54.9. The molecule has 0 spiro atoms. The molecule has 228 valence electrons. The Bertz CT molecular complexity index is 800. The molecule has 3 fully saturated rings. The summed E-state index contributed by atoms with van der Waals surface area (Å²) >= 11 is 0. The van der Waals surface area contributed by atoms with Gasteiger partial charge in [0.2, 0.25) is 0 Å². The van der Waals surface area contributed by atoms with Crippen LogP contribution in [0.15, 0.2) is 0 Å². The molecule has 14 nitrogen and oxygen atoms in total. The van der Waals surface area contributed by atoms with E-state index in [1.807, 2.05) is 6.92 Å². The second kappa shape index (κ2) is 13.2. The van der Waals surface area contributed by atoms with E-state index in [9.17, 15) is 30.3 Å². The lowest BCUT2D eigenvalue weighted by Gasteiger charge is -2.48. The number of aliphatic hydroxyl groups excluding tert-OH is 5. The summed E-state index contributed by atoms with van der Waals surface area (Å²) in [6.07, 6.45) is -10.6. The first-order valence-electron chi connectivity index (χ1n) is 13.6. The number of ether oxygens (including phenoxy) is 5. The number of carbonyl (C=O) groups is 1. The molecule has 2 saturated heterocycles. The van der Waals surface area contributed by atoms with E-state index in [1.165, 1.54) is 0 Å². The van der Waals surface area contributed by atoms with E-state index in [0.717, 1.165) is 0 Å². The highest BCUT2D eigenvalue weighted by molar-refractivity contribution is 5.68. The van der Waals surface area contributed by atoms with Gasteiger partial charge in [0.05, 0.1) is 43.0 Å². The number of amides is 1. The van der Waals surface area contributed by atoms with E-state index in [4.69, 9.17) is 35.2 Å². The number of nitrogens with one attached hydrogen (secondary N) is 1. The van der Waals surface area contributed by atoms with Gasteiger partial charge in [-0.15, -0.1) is 0 Å². The van der Waals surface area contributed by atoms with Crippen molar-refractivity contribution >= 4 is 6.09 Å². The summed E-state index contributed by atoms with van der Waals surface area (Å²) in [6.45, 7) is 8.26. The van der Waals surface area contributed by atoms with Crippen molar-refractivity contribution in [2.24, 2.45) is 17.4 Å². The van der Waals surface area contributed by atoms with Gasteiger partial charge in [-0.3, -0.25) is 0 Å². The van der Waals surface area contributed by atoms with Gasteiger partial charge in [0.25, 0.3) is 0 Å². The second-order valence-electron chi connectivity index (χ2n) is 11.9. The van der Waals surface area contributed by atoms with Gasteiger partial charge in [-0.2, -0.15) is 0 Å². The van der Waals surface area contributed by atoms with Crippen LogP contribution in [0.5, 0.6) is 0 Å². The molecular formula is C25H47N3O11. The average Bonchev–Trinajstić information content (AvgIpc) is 2.84. The van der Waals surface area contributed by atoms with Crippen LogP contribution in [-0.4, -0.2) is 123 Å². The van der Waals surface area contributed by atoms with Gasteiger partial charge in [-0.05, 0) is 46.0 Å². The molecule has 14 unspecified atom stereocenters. The zero-order valence-corrected chi connectivity index (χ0v) is 23.3. The zero-order chi connectivity index (χ0) is 29.2. The number of alkyl carbamates (subject to hydrolysis) is 1. The van der Waals surface area contributed by atoms with Crippen molar-refractivity contribution in [1.29, 1.82) is 0 Å². The van der Waals surface area contributed by atoms with Crippen LogP contribution < -0.4 is 16.8 Å². The van der Waals surface area contributed by atoms with E-state index in [1.54, 1.807) is 27.7 Å². The van der Waals surface area contributed by atoms with Crippen LogP contribution in [0.2, 0.25) is 0 Å². The Morgan fingerprint density at radius 2 is 1.56 bits per heavy atom. The predicted octanol–water partition coefficient (Wildman–Crippen LogP) is -1.97. The van der Waals surface area contributed by atoms with Gasteiger partial charge >= 0.3 is 6.09 Å². The van der Waals surface area contributed by atoms with Gasteiger partial charge in [-0.1, -0.05) is 13.8 Å². The summed E-state index contributed by atoms with van der Waals surface area (Å²) in [4.78, 5) is 12.7. The van der Waals surface area contributed by atoms with Crippen LogP contribution in [0.3, 0.4) is 0 Å². The maximum Gasteiger partial charge on any atom is 0.407 e. The molecule has 0 aromatic rings. The van der Waals surface area contributed by atoms with Crippen molar-refractivity contribution in [2.75, 3.05) is 6.61 Å². The van der Waals surface area contributed by atoms with Crippen molar-refractivity contribution in [3.8, 4) is 0 Å². The Hall–Kier alpha value is -1.17. The van der Waals surface area contributed by atoms with E-state index in [-0.39, 0.29) is 12.8 Å². The number of nitrogens with two attached hydrogens (primary N) is 2. The van der Waals surface area contributed by atoms with E-state index in [0.29, 0.717) is 6.42 Å². The highest BCUT2D eigenvalue weighted by Crippen LogP contribution is 2.35. The monoisotopic (exact) mass is 565 g/mol. The van der Waals surface area contributed by atoms with Crippen molar-refractivity contribution in [2.45, 2.75) is 139 Å². The fraction of sp³-hybridized carbons (Fsp3) is 0.960. The predicted molar refractivity (Wildman–Crippen MR) is 136 cm³/mol. The number of aliphatic hydroxyl groups is 5. The summed E-state index contributed by atoms with van der Waals surface area (Å²) in [7, 11) is 0. The molecule has 14 atom stereocenters. The fourth-order valence-corrected chi connectivity index (χ4v) is 5.37.